The average Bonchev–Trinajstić information content (AvgIpc) is 3.58. The fraction of sp³-hybridized carbons (Fsp3) is 0.550. The second-order valence-electron chi connectivity index (χ2n) is 14.5. The Kier molecular flexibility index (Phi) is 16.8. The Bertz CT molecular complexity index is 1600. The number of hydrogen-bond donors (Lipinski definition) is 6. The summed E-state index contributed by atoms with van der Waals surface area (Å²) in [6.07, 6.45) is 6.93. The fourth-order valence-corrected chi connectivity index (χ4v) is 7.50. The van der Waals surface area contributed by atoms with E-state index in [4.69, 9.17) is 11.6 Å². The molecule has 6 N–H and O–H groups in total. The van der Waals surface area contributed by atoms with Crippen molar-refractivity contribution in [2.75, 3.05) is 38.1 Å². The third-order valence-corrected chi connectivity index (χ3v) is 10.5. The summed E-state index contributed by atoms with van der Waals surface area (Å²) in [5.41, 5.74) is 1.39. The number of carbonyl (C=O) groups excluding carboxylic acids is 6. The number of hydrogen-bond acceptors (Lipinski definition) is 7. The Morgan fingerprint density at radius 1 is 0.907 bits per heavy atom. The first-order chi connectivity index (χ1) is 26.0. The molecular weight excluding hydrogens is 712 g/mol. The highest BCUT2D eigenvalue weighted by molar-refractivity contribution is 6.31. The minimum atomic E-state index is -0.933. The summed E-state index contributed by atoms with van der Waals surface area (Å²) in [5, 5.41) is 24.4. The van der Waals surface area contributed by atoms with E-state index < -0.39 is 23.4 Å². The number of nitrogens with zero attached hydrogens (tertiary/aromatic N) is 1. The van der Waals surface area contributed by atoms with Gasteiger partial charge in [0.2, 0.25) is 35.4 Å². The minimum absolute atomic E-state index is 0.0878. The SMILES string of the molecule is CC(=O)NC(Cc1ccccc1Cl)C(=O)Nc1ccc(C[C@H]2NC(=O)CC3(CCCC3)CC(=O)N(CCO)CCCCCNC(=O)CCCNC2=O)cc1. The minimum Gasteiger partial charge on any atom is -0.395 e. The molecule has 6 amide bonds. The predicted molar refractivity (Wildman–Crippen MR) is 206 cm³/mol. The molecule has 4 rings (SSSR count). The monoisotopic (exact) mass is 766 g/mol. The summed E-state index contributed by atoms with van der Waals surface area (Å²) in [5.74, 6) is -1.69. The van der Waals surface area contributed by atoms with Gasteiger partial charge in [-0.3, -0.25) is 28.8 Å². The number of nitrogens with one attached hydrogen (secondary N) is 5. The molecule has 2 aromatic carbocycles. The van der Waals surface area contributed by atoms with Crippen molar-refractivity contribution in [1.29, 1.82) is 0 Å². The van der Waals surface area contributed by atoms with Gasteiger partial charge in [0, 0.05) is 75.9 Å². The molecular formula is C40H55ClN6O7. The van der Waals surface area contributed by atoms with E-state index in [2.05, 4.69) is 26.6 Å². The Balaban J connectivity index is 1.47. The molecule has 0 radical (unpaired) electrons. The summed E-state index contributed by atoms with van der Waals surface area (Å²) in [4.78, 5) is 80.0. The number of benzene rings is 2. The molecule has 1 heterocycles. The van der Waals surface area contributed by atoms with Crippen molar-refractivity contribution in [3.63, 3.8) is 0 Å². The highest BCUT2D eigenvalue weighted by Gasteiger charge is 2.39. The molecule has 1 spiro atoms. The molecule has 54 heavy (non-hydrogen) atoms. The lowest BCUT2D eigenvalue weighted by Gasteiger charge is -2.32. The van der Waals surface area contributed by atoms with Crippen LogP contribution in [0, 0.1) is 5.41 Å². The van der Waals surface area contributed by atoms with Gasteiger partial charge in [-0.2, -0.15) is 0 Å². The molecule has 1 saturated carbocycles. The smallest absolute Gasteiger partial charge is 0.247 e. The lowest BCUT2D eigenvalue weighted by Crippen LogP contribution is -2.49. The molecule has 1 aliphatic carbocycles. The van der Waals surface area contributed by atoms with Gasteiger partial charge in [0.1, 0.15) is 12.1 Å². The van der Waals surface area contributed by atoms with E-state index in [9.17, 15) is 33.9 Å². The van der Waals surface area contributed by atoms with Gasteiger partial charge in [0.05, 0.1) is 6.61 Å². The Hall–Kier alpha value is -4.49. The van der Waals surface area contributed by atoms with Crippen LogP contribution in [0.1, 0.15) is 88.7 Å². The van der Waals surface area contributed by atoms with Crippen LogP contribution >= 0.6 is 11.6 Å². The lowest BCUT2D eigenvalue weighted by atomic mass is 9.78. The number of aliphatic hydroxyl groups is 1. The number of rotatable bonds is 9. The van der Waals surface area contributed by atoms with Gasteiger partial charge >= 0.3 is 0 Å². The van der Waals surface area contributed by atoms with E-state index in [1.54, 1.807) is 47.4 Å². The van der Waals surface area contributed by atoms with Crippen LogP contribution in [0.2, 0.25) is 5.02 Å². The van der Waals surface area contributed by atoms with Gasteiger partial charge in [-0.15, -0.1) is 0 Å². The van der Waals surface area contributed by atoms with Crippen LogP contribution in [-0.4, -0.2) is 90.3 Å². The molecule has 2 atom stereocenters. The molecule has 0 bridgehead atoms. The second kappa shape index (κ2) is 21.4. The van der Waals surface area contributed by atoms with E-state index >= 15 is 0 Å². The van der Waals surface area contributed by atoms with Crippen LogP contribution in [0.15, 0.2) is 48.5 Å². The molecule has 2 aliphatic rings. The number of carbonyl (C=O) groups is 6. The van der Waals surface area contributed by atoms with E-state index in [0.717, 1.165) is 50.5 Å². The van der Waals surface area contributed by atoms with Crippen molar-refractivity contribution in [2.24, 2.45) is 5.41 Å². The Morgan fingerprint density at radius 2 is 1.63 bits per heavy atom. The quantitative estimate of drug-likeness (QED) is 0.226. The first-order valence-corrected chi connectivity index (χ1v) is 19.5. The maximum absolute atomic E-state index is 13.7. The van der Waals surface area contributed by atoms with Gasteiger partial charge in [-0.1, -0.05) is 54.8 Å². The lowest BCUT2D eigenvalue weighted by molar-refractivity contribution is -0.136. The normalized spacial score (nSPS) is 20.0. The number of anilines is 1. The van der Waals surface area contributed by atoms with Gasteiger partial charge in [0.25, 0.3) is 0 Å². The van der Waals surface area contributed by atoms with Crippen molar-refractivity contribution in [3.8, 4) is 0 Å². The standard InChI is InChI=1S/C40H55ClN6O7/c1-28(49)44-34(25-30-10-3-4-11-32(30)41)39(54)45-31-15-13-29(14-16-31)24-33-38(53)43-20-9-12-35(50)42-19-7-2-8-21-47(22-23-48)37(52)27-40(17-5-6-18-40)26-36(51)46-33/h3-4,10-11,13-16,33-34,48H,2,5-9,12,17-27H2,1H3,(H,42,50)(H,43,53)(H,44,49)(H,45,54)(H,46,51)/t33-,34?/m1/s1. The zero-order valence-electron chi connectivity index (χ0n) is 31.2. The molecule has 1 saturated heterocycles. The third kappa shape index (κ3) is 13.7. The molecule has 13 nitrogen and oxygen atoms in total. The van der Waals surface area contributed by atoms with Crippen molar-refractivity contribution >= 4 is 52.7 Å². The molecule has 14 heteroatoms. The van der Waals surface area contributed by atoms with Crippen molar-refractivity contribution < 1.29 is 33.9 Å². The van der Waals surface area contributed by atoms with Crippen molar-refractivity contribution in [2.45, 2.75) is 102 Å². The summed E-state index contributed by atoms with van der Waals surface area (Å²) >= 11 is 6.31. The largest absolute Gasteiger partial charge is 0.395 e. The zero-order valence-corrected chi connectivity index (χ0v) is 32.0. The third-order valence-electron chi connectivity index (χ3n) is 10.1. The van der Waals surface area contributed by atoms with Crippen LogP contribution in [0.3, 0.4) is 0 Å². The maximum Gasteiger partial charge on any atom is 0.247 e. The van der Waals surface area contributed by atoms with Crippen molar-refractivity contribution in [3.05, 3.63) is 64.7 Å². The molecule has 1 unspecified atom stereocenters. The molecule has 2 fully saturated rings. The molecule has 294 valence electrons. The average molecular weight is 767 g/mol. The van der Waals surface area contributed by atoms with E-state index in [-0.39, 0.29) is 81.3 Å². The van der Waals surface area contributed by atoms with Gasteiger partial charge in [-0.25, -0.2) is 0 Å². The van der Waals surface area contributed by atoms with E-state index in [1.807, 2.05) is 6.07 Å². The van der Waals surface area contributed by atoms with Gasteiger partial charge in [0.15, 0.2) is 0 Å². The highest BCUT2D eigenvalue weighted by Crippen LogP contribution is 2.44. The van der Waals surface area contributed by atoms with Gasteiger partial charge < -0.3 is 36.6 Å². The first kappa shape index (κ1) is 42.3. The maximum atomic E-state index is 13.7. The van der Waals surface area contributed by atoms with Crippen molar-refractivity contribution in [1.82, 2.24) is 26.2 Å². The number of β-amino-alcohol motifs (C(OH)–C–C–N with tert-alkyl or cyclic N) is 1. The summed E-state index contributed by atoms with van der Waals surface area (Å²) in [6, 6.07) is 12.2. The summed E-state index contributed by atoms with van der Waals surface area (Å²) in [7, 11) is 0. The molecule has 0 aromatic heterocycles. The van der Waals surface area contributed by atoms with E-state index in [0.29, 0.717) is 35.8 Å². The second-order valence-corrected chi connectivity index (χ2v) is 14.9. The van der Waals surface area contributed by atoms with Crippen LogP contribution in [0.5, 0.6) is 0 Å². The predicted octanol–water partition coefficient (Wildman–Crippen LogP) is 3.41. The number of aliphatic hydroxyl groups excluding tert-OH is 1. The van der Waals surface area contributed by atoms with Crippen LogP contribution in [-0.2, 0) is 41.6 Å². The van der Waals surface area contributed by atoms with Crippen LogP contribution in [0.25, 0.3) is 0 Å². The Labute approximate surface area is 322 Å². The zero-order chi connectivity index (χ0) is 38.9. The Morgan fingerprint density at radius 3 is 2.33 bits per heavy atom. The number of amides is 6. The highest BCUT2D eigenvalue weighted by atomic mass is 35.5. The van der Waals surface area contributed by atoms with Crippen LogP contribution < -0.4 is 26.6 Å². The first-order valence-electron chi connectivity index (χ1n) is 19.1. The molecule has 1 aliphatic heterocycles. The summed E-state index contributed by atoms with van der Waals surface area (Å²) < 4.78 is 0. The topological polar surface area (TPSA) is 186 Å². The number of halogens is 1. The van der Waals surface area contributed by atoms with Gasteiger partial charge in [-0.05, 0) is 73.3 Å². The fourth-order valence-electron chi connectivity index (χ4n) is 7.28. The van der Waals surface area contributed by atoms with E-state index in [1.165, 1.54) is 6.92 Å². The van der Waals surface area contributed by atoms with Crippen LogP contribution in [0.4, 0.5) is 5.69 Å². The summed E-state index contributed by atoms with van der Waals surface area (Å²) in [6.45, 7) is 2.69. The molecule has 2 aromatic rings.